The number of phenolic OH excluding ortho intramolecular Hbond substituents is 1. The number of aromatic hydroxyl groups is 1. The summed E-state index contributed by atoms with van der Waals surface area (Å²) in [5, 5.41) is 13.1. The molecule has 0 atom stereocenters. The molecular formula is C17H11Cl3N2O3. The van der Waals surface area contributed by atoms with E-state index < -0.39 is 11.8 Å². The second-order valence-corrected chi connectivity index (χ2v) is 6.59. The molecule has 0 saturated carbocycles. The summed E-state index contributed by atoms with van der Waals surface area (Å²) < 4.78 is 0. The number of hydrogen-bond acceptors (Lipinski definition) is 4. The number of benzene rings is 2. The number of nitrogens with zero attached hydrogens (tertiary/aromatic N) is 1. The molecule has 2 amide bonds. The number of halogens is 3. The molecule has 1 aliphatic rings. The largest absolute Gasteiger partial charge is 0.505 e. The standard InChI is InChI=1S/C17H11Cl3N2O3/c1-22-16(24)13(8-2-4-9(18)5-3-8)14(17(22)25)21-10-6-11(19)15(23)12(20)7-10/h2-7,21,23H,1H3. The van der Waals surface area contributed by atoms with E-state index in [4.69, 9.17) is 34.8 Å². The van der Waals surface area contributed by atoms with Crippen molar-refractivity contribution in [3.8, 4) is 5.75 Å². The van der Waals surface area contributed by atoms with Crippen LogP contribution in [0.4, 0.5) is 5.69 Å². The molecule has 1 heterocycles. The highest BCUT2D eigenvalue weighted by molar-refractivity contribution is 6.38. The number of phenols is 1. The van der Waals surface area contributed by atoms with Gasteiger partial charge in [-0.15, -0.1) is 0 Å². The van der Waals surface area contributed by atoms with E-state index in [1.165, 1.54) is 19.2 Å². The van der Waals surface area contributed by atoms with Crippen molar-refractivity contribution in [3.63, 3.8) is 0 Å². The first-order valence-electron chi connectivity index (χ1n) is 7.07. The van der Waals surface area contributed by atoms with Crippen LogP contribution in [-0.2, 0) is 9.59 Å². The Hall–Kier alpha value is -2.21. The van der Waals surface area contributed by atoms with Crippen molar-refractivity contribution in [1.29, 1.82) is 0 Å². The predicted molar refractivity (Wildman–Crippen MR) is 97.9 cm³/mol. The molecular weight excluding hydrogens is 387 g/mol. The van der Waals surface area contributed by atoms with Crippen molar-refractivity contribution >= 4 is 57.9 Å². The van der Waals surface area contributed by atoms with Crippen LogP contribution >= 0.6 is 34.8 Å². The molecule has 3 rings (SSSR count). The first kappa shape index (κ1) is 17.6. The molecule has 0 bridgehead atoms. The Bertz CT molecular complexity index is 900. The average molecular weight is 398 g/mol. The fraction of sp³-hybridized carbons (Fsp3) is 0.0588. The van der Waals surface area contributed by atoms with Gasteiger partial charge in [-0.3, -0.25) is 14.5 Å². The monoisotopic (exact) mass is 396 g/mol. The smallest absolute Gasteiger partial charge is 0.277 e. The van der Waals surface area contributed by atoms with Gasteiger partial charge in [-0.25, -0.2) is 0 Å². The molecule has 2 N–H and O–H groups in total. The van der Waals surface area contributed by atoms with Crippen LogP contribution in [0.25, 0.3) is 5.57 Å². The maximum atomic E-state index is 12.5. The number of hydrogen-bond donors (Lipinski definition) is 2. The molecule has 0 aromatic heterocycles. The number of carbonyl (C=O) groups excluding carboxylic acids is 2. The van der Waals surface area contributed by atoms with Crippen LogP contribution in [-0.4, -0.2) is 28.9 Å². The quantitative estimate of drug-likeness (QED) is 0.602. The van der Waals surface area contributed by atoms with Crippen LogP contribution in [0.2, 0.25) is 15.1 Å². The summed E-state index contributed by atoms with van der Waals surface area (Å²) in [6, 6.07) is 9.38. The van der Waals surface area contributed by atoms with Crippen LogP contribution in [0.5, 0.6) is 5.75 Å². The average Bonchev–Trinajstić information content (AvgIpc) is 2.78. The molecule has 1 aliphatic heterocycles. The van der Waals surface area contributed by atoms with Gasteiger partial charge in [-0.2, -0.15) is 0 Å². The molecule has 0 radical (unpaired) electrons. The highest BCUT2D eigenvalue weighted by Crippen LogP contribution is 2.36. The lowest BCUT2D eigenvalue weighted by molar-refractivity contribution is -0.135. The number of carbonyl (C=O) groups is 2. The van der Waals surface area contributed by atoms with E-state index in [-0.39, 0.29) is 27.1 Å². The summed E-state index contributed by atoms with van der Waals surface area (Å²) in [6.07, 6.45) is 0. The van der Waals surface area contributed by atoms with E-state index in [0.717, 1.165) is 4.90 Å². The maximum Gasteiger partial charge on any atom is 0.277 e. The third kappa shape index (κ3) is 3.18. The van der Waals surface area contributed by atoms with E-state index in [1.807, 2.05) is 0 Å². The van der Waals surface area contributed by atoms with Crippen LogP contribution in [0.1, 0.15) is 5.56 Å². The first-order valence-corrected chi connectivity index (χ1v) is 8.20. The van der Waals surface area contributed by atoms with Crippen LogP contribution < -0.4 is 5.32 Å². The second-order valence-electron chi connectivity index (χ2n) is 5.34. The van der Waals surface area contributed by atoms with Gasteiger partial charge in [0.15, 0.2) is 5.75 Å². The van der Waals surface area contributed by atoms with Crippen molar-refractivity contribution in [2.75, 3.05) is 12.4 Å². The molecule has 0 saturated heterocycles. The zero-order valence-electron chi connectivity index (χ0n) is 12.8. The normalized spacial score (nSPS) is 14.5. The molecule has 0 unspecified atom stereocenters. The summed E-state index contributed by atoms with van der Waals surface area (Å²) in [5.41, 5.74) is 1.22. The third-order valence-corrected chi connectivity index (χ3v) is 4.53. The second kappa shape index (κ2) is 6.59. The summed E-state index contributed by atoms with van der Waals surface area (Å²) in [4.78, 5) is 25.9. The lowest BCUT2D eigenvalue weighted by atomic mass is 10.0. The number of nitrogens with one attached hydrogen (secondary N) is 1. The van der Waals surface area contributed by atoms with E-state index in [9.17, 15) is 14.7 Å². The Morgan fingerprint density at radius 2 is 1.52 bits per heavy atom. The number of rotatable bonds is 3. The van der Waals surface area contributed by atoms with Crippen molar-refractivity contribution in [3.05, 3.63) is 62.7 Å². The first-order chi connectivity index (χ1) is 11.8. The van der Waals surface area contributed by atoms with E-state index in [0.29, 0.717) is 16.3 Å². The predicted octanol–water partition coefficient (Wildman–Crippen LogP) is 4.17. The SMILES string of the molecule is CN1C(=O)C(Nc2cc(Cl)c(O)c(Cl)c2)=C(c2ccc(Cl)cc2)C1=O. The number of anilines is 1. The van der Waals surface area contributed by atoms with Gasteiger partial charge in [0.25, 0.3) is 11.8 Å². The zero-order chi connectivity index (χ0) is 18.3. The highest BCUT2D eigenvalue weighted by Gasteiger charge is 2.36. The minimum absolute atomic E-state index is 0.0220. The minimum Gasteiger partial charge on any atom is -0.505 e. The topological polar surface area (TPSA) is 69.6 Å². The Labute approximate surface area is 158 Å². The molecule has 128 valence electrons. The number of imide groups is 1. The van der Waals surface area contributed by atoms with E-state index in [1.54, 1.807) is 24.3 Å². The molecule has 25 heavy (non-hydrogen) atoms. The van der Waals surface area contributed by atoms with Crippen LogP contribution in [0.15, 0.2) is 42.1 Å². The summed E-state index contributed by atoms with van der Waals surface area (Å²) in [5.74, 6) is -1.19. The van der Waals surface area contributed by atoms with Gasteiger partial charge < -0.3 is 10.4 Å². The van der Waals surface area contributed by atoms with Crippen molar-refractivity contribution in [1.82, 2.24) is 4.90 Å². The van der Waals surface area contributed by atoms with E-state index >= 15 is 0 Å². The van der Waals surface area contributed by atoms with Gasteiger partial charge in [-0.05, 0) is 29.8 Å². The van der Waals surface area contributed by atoms with Crippen molar-refractivity contribution in [2.24, 2.45) is 0 Å². The van der Waals surface area contributed by atoms with Crippen molar-refractivity contribution < 1.29 is 14.7 Å². The molecule has 2 aromatic carbocycles. The number of amides is 2. The van der Waals surface area contributed by atoms with E-state index in [2.05, 4.69) is 5.32 Å². The molecule has 5 nitrogen and oxygen atoms in total. The van der Waals surface area contributed by atoms with Gasteiger partial charge in [-0.1, -0.05) is 46.9 Å². The molecule has 2 aromatic rings. The fourth-order valence-corrected chi connectivity index (χ4v) is 3.04. The summed E-state index contributed by atoms with van der Waals surface area (Å²) in [7, 11) is 1.39. The van der Waals surface area contributed by atoms with Gasteiger partial charge in [0.2, 0.25) is 0 Å². The van der Waals surface area contributed by atoms with Crippen LogP contribution in [0, 0.1) is 0 Å². The zero-order valence-corrected chi connectivity index (χ0v) is 15.1. The minimum atomic E-state index is -0.490. The highest BCUT2D eigenvalue weighted by atomic mass is 35.5. The van der Waals surface area contributed by atoms with Crippen LogP contribution in [0.3, 0.4) is 0 Å². The van der Waals surface area contributed by atoms with Gasteiger partial charge in [0, 0.05) is 17.8 Å². The van der Waals surface area contributed by atoms with Gasteiger partial charge >= 0.3 is 0 Å². The molecule has 0 spiro atoms. The Balaban J connectivity index is 2.10. The summed E-state index contributed by atoms with van der Waals surface area (Å²) in [6.45, 7) is 0. The van der Waals surface area contributed by atoms with Gasteiger partial charge in [0.1, 0.15) is 5.70 Å². The van der Waals surface area contributed by atoms with Crippen molar-refractivity contribution in [2.45, 2.75) is 0 Å². The molecule has 0 aliphatic carbocycles. The third-order valence-electron chi connectivity index (χ3n) is 3.71. The lowest BCUT2D eigenvalue weighted by Crippen LogP contribution is -2.27. The van der Waals surface area contributed by atoms with Gasteiger partial charge in [0.05, 0.1) is 15.6 Å². The lowest BCUT2D eigenvalue weighted by Gasteiger charge is -2.10. The fourth-order valence-electron chi connectivity index (χ4n) is 2.42. The molecule has 0 fully saturated rings. The Morgan fingerprint density at radius 3 is 2.08 bits per heavy atom. The summed E-state index contributed by atoms with van der Waals surface area (Å²) >= 11 is 17.7. The Morgan fingerprint density at radius 1 is 0.960 bits per heavy atom. The Kier molecular flexibility index (Phi) is 4.64. The maximum absolute atomic E-state index is 12.5. The number of likely N-dealkylation sites (N-methyl/N-ethyl adjacent to an activating group) is 1. The molecule has 8 heteroatoms.